The number of fused-ring (bicyclic) bond motifs is 2. The molecule has 4 nitrogen and oxygen atoms in total. The van der Waals surface area contributed by atoms with Crippen molar-refractivity contribution in [1.29, 1.82) is 0 Å². The van der Waals surface area contributed by atoms with Crippen LogP contribution < -0.4 is 19.4 Å². The molecule has 0 fully saturated rings. The molecule has 0 atom stereocenters. The number of hydrogen-bond acceptors (Lipinski definition) is 4. The van der Waals surface area contributed by atoms with E-state index in [1.807, 2.05) is 0 Å². The second kappa shape index (κ2) is 7.60. The molecular weight excluding hydrogens is 370 g/mol. The molecule has 3 aromatic carbocycles. The molecule has 0 saturated heterocycles. The van der Waals surface area contributed by atoms with Crippen LogP contribution in [0.25, 0.3) is 0 Å². The van der Waals surface area contributed by atoms with Crippen LogP contribution in [-0.2, 0) is 0 Å². The monoisotopic (exact) mass is 401 g/mol. The molecule has 4 rings (SSSR count). The van der Waals surface area contributed by atoms with Crippen molar-refractivity contribution < 1.29 is 4.74 Å². The molecule has 0 unspecified atom stereocenters. The van der Waals surface area contributed by atoms with Crippen LogP contribution in [0.3, 0.4) is 0 Å². The summed E-state index contributed by atoms with van der Waals surface area (Å²) in [5, 5.41) is 0. The molecule has 0 bridgehead atoms. The molecule has 1 aliphatic rings. The van der Waals surface area contributed by atoms with Gasteiger partial charge in [-0.05, 0) is 36.2 Å². The van der Waals surface area contributed by atoms with E-state index in [1.165, 1.54) is 27.9 Å². The Labute approximate surface area is 180 Å². The standard InChI is InChI=1S/C26H31N3O/c1-17-14-18(8-13-23(17)29(6)7)26-21-11-9-19(27(2)3)15-24(21)30-25-16-20(28(4)5)10-12-22(25)26/h8-16,26H,1-7H3. The number of benzene rings is 3. The van der Waals surface area contributed by atoms with Gasteiger partial charge in [0, 0.05) is 88.5 Å². The van der Waals surface area contributed by atoms with E-state index in [0.29, 0.717) is 0 Å². The fourth-order valence-electron chi connectivity index (χ4n) is 4.26. The number of aryl methyl sites for hydroxylation is 1. The van der Waals surface area contributed by atoms with Crippen molar-refractivity contribution in [2.24, 2.45) is 0 Å². The topological polar surface area (TPSA) is 19.0 Å². The zero-order chi connectivity index (χ0) is 21.6. The second-order valence-corrected chi connectivity index (χ2v) is 8.71. The van der Waals surface area contributed by atoms with Gasteiger partial charge < -0.3 is 19.4 Å². The van der Waals surface area contributed by atoms with Gasteiger partial charge in [0.15, 0.2) is 0 Å². The maximum absolute atomic E-state index is 6.44. The summed E-state index contributed by atoms with van der Waals surface area (Å²) < 4.78 is 6.44. The zero-order valence-corrected chi connectivity index (χ0v) is 19.0. The van der Waals surface area contributed by atoms with Gasteiger partial charge in [-0.2, -0.15) is 0 Å². The molecule has 0 N–H and O–H groups in total. The first kappa shape index (κ1) is 20.1. The van der Waals surface area contributed by atoms with Crippen molar-refractivity contribution >= 4 is 17.1 Å². The van der Waals surface area contributed by atoms with E-state index in [4.69, 9.17) is 4.74 Å². The minimum atomic E-state index is 0.145. The average Bonchev–Trinajstić information content (AvgIpc) is 2.70. The highest BCUT2D eigenvalue weighted by Crippen LogP contribution is 2.49. The number of ether oxygens (including phenoxy) is 1. The second-order valence-electron chi connectivity index (χ2n) is 8.71. The number of hydrogen-bond donors (Lipinski definition) is 0. The molecule has 0 spiro atoms. The van der Waals surface area contributed by atoms with Crippen molar-refractivity contribution in [3.8, 4) is 11.5 Å². The highest BCUT2D eigenvalue weighted by molar-refractivity contribution is 5.67. The third-order valence-electron chi connectivity index (χ3n) is 5.91. The lowest BCUT2D eigenvalue weighted by Gasteiger charge is -2.31. The molecule has 4 heteroatoms. The molecule has 30 heavy (non-hydrogen) atoms. The van der Waals surface area contributed by atoms with E-state index >= 15 is 0 Å². The van der Waals surface area contributed by atoms with E-state index in [-0.39, 0.29) is 5.92 Å². The van der Waals surface area contributed by atoms with Gasteiger partial charge in [0.25, 0.3) is 0 Å². The lowest BCUT2D eigenvalue weighted by Crippen LogP contribution is -2.16. The first-order valence-corrected chi connectivity index (χ1v) is 10.3. The Hall–Kier alpha value is -3.14. The van der Waals surface area contributed by atoms with Gasteiger partial charge in [0.2, 0.25) is 0 Å². The lowest BCUT2D eigenvalue weighted by molar-refractivity contribution is 0.453. The van der Waals surface area contributed by atoms with Crippen LogP contribution in [0.15, 0.2) is 54.6 Å². The fraction of sp³-hybridized carbons (Fsp3) is 0.308. The van der Waals surface area contributed by atoms with E-state index in [2.05, 4.69) is 119 Å². The van der Waals surface area contributed by atoms with Crippen LogP contribution in [0.1, 0.15) is 28.2 Å². The van der Waals surface area contributed by atoms with Crippen LogP contribution >= 0.6 is 0 Å². The Kier molecular flexibility index (Phi) is 5.10. The molecule has 0 radical (unpaired) electrons. The van der Waals surface area contributed by atoms with E-state index in [1.54, 1.807) is 0 Å². The van der Waals surface area contributed by atoms with E-state index < -0.39 is 0 Å². The van der Waals surface area contributed by atoms with Gasteiger partial charge in [-0.3, -0.25) is 0 Å². The predicted octanol–water partition coefficient (Wildman–Crippen LogP) is 5.48. The molecule has 1 aliphatic heterocycles. The predicted molar refractivity (Wildman–Crippen MR) is 128 cm³/mol. The summed E-state index contributed by atoms with van der Waals surface area (Å²) in [7, 11) is 12.4. The van der Waals surface area contributed by atoms with Gasteiger partial charge >= 0.3 is 0 Å². The third-order valence-corrected chi connectivity index (χ3v) is 5.91. The largest absolute Gasteiger partial charge is 0.457 e. The normalized spacial score (nSPS) is 12.6. The maximum atomic E-state index is 6.44. The van der Waals surface area contributed by atoms with Crippen LogP contribution in [0.2, 0.25) is 0 Å². The highest BCUT2D eigenvalue weighted by Gasteiger charge is 2.30. The minimum absolute atomic E-state index is 0.145. The molecule has 0 saturated carbocycles. The van der Waals surface area contributed by atoms with E-state index in [0.717, 1.165) is 22.9 Å². The van der Waals surface area contributed by atoms with Gasteiger partial charge in [-0.1, -0.05) is 24.3 Å². The lowest BCUT2D eigenvalue weighted by atomic mass is 9.81. The van der Waals surface area contributed by atoms with Crippen LogP contribution in [0.4, 0.5) is 17.1 Å². The SMILES string of the molecule is Cc1cc(C2c3ccc(N(C)C)cc3Oc3cc(N(C)C)ccc32)ccc1N(C)C. The third kappa shape index (κ3) is 3.47. The first-order valence-electron chi connectivity index (χ1n) is 10.3. The molecule has 0 aromatic heterocycles. The van der Waals surface area contributed by atoms with Gasteiger partial charge in [-0.25, -0.2) is 0 Å². The quantitative estimate of drug-likeness (QED) is 0.451. The number of rotatable bonds is 4. The van der Waals surface area contributed by atoms with Crippen molar-refractivity contribution in [2.75, 3.05) is 57.0 Å². The van der Waals surface area contributed by atoms with Crippen LogP contribution in [0, 0.1) is 6.92 Å². The zero-order valence-electron chi connectivity index (χ0n) is 19.0. The summed E-state index contributed by atoms with van der Waals surface area (Å²) >= 11 is 0. The molecule has 156 valence electrons. The summed E-state index contributed by atoms with van der Waals surface area (Å²) in [6.45, 7) is 2.18. The molecule has 0 aliphatic carbocycles. The summed E-state index contributed by atoms with van der Waals surface area (Å²) in [6, 6.07) is 19.9. The van der Waals surface area contributed by atoms with Crippen molar-refractivity contribution in [1.82, 2.24) is 0 Å². The molecule has 0 amide bonds. The molecule has 3 aromatic rings. The summed E-state index contributed by atoms with van der Waals surface area (Å²) in [4.78, 5) is 6.39. The maximum Gasteiger partial charge on any atom is 0.133 e. The van der Waals surface area contributed by atoms with Gasteiger partial charge in [-0.15, -0.1) is 0 Å². The minimum Gasteiger partial charge on any atom is -0.457 e. The van der Waals surface area contributed by atoms with Crippen LogP contribution in [-0.4, -0.2) is 42.3 Å². The Morgan fingerprint density at radius 1 is 0.633 bits per heavy atom. The summed E-state index contributed by atoms with van der Waals surface area (Å²) in [5.74, 6) is 2.01. The Bertz CT molecular complexity index is 1030. The Morgan fingerprint density at radius 3 is 1.60 bits per heavy atom. The smallest absolute Gasteiger partial charge is 0.133 e. The molecular formula is C26H31N3O. The Balaban J connectivity index is 1.90. The summed E-state index contributed by atoms with van der Waals surface area (Å²) in [6.07, 6.45) is 0. The number of anilines is 3. The molecule has 1 heterocycles. The van der Waals surface area contributed by atoms with Crippen molar-refractivity contribution in [2.45, 2.75) is 12.8 Å². The van der Waals surface area contributed by atoms with Crippen molar-refractivity contribution in [3.63, 3.8) is 0 Å². The fourth-order valence-corrected chi connectivity index (χ4v) is 4.26. The summed E-state index contributed by atoms with van der Waals surface area (Å²) in [5.41, 5.74) is 8.52. The van der Waals surface area contributed by atoms with Gasteiger partial charge in [0.1, 0.15) is 11.5 Å². The number of nitrogens with zero attached hydrogens (tertiary/aromatic N) is 3. The van der Waals surface area contributed by atoms with E-state index in [9.17, 15) is 0 Å². The average molecular weight is 402 g/mol. The van der Waals surface area contributed by atoms with Crippen LogP contribution in [0.5, 0.6) is 11.5 Å². The first-order chi connectivity index (χ1) is 14.3. The highest BCUT2D eigenvalue weighted by atomic mass is 16.5. The van der Waals surface area contributed by atoms with Crippen molar-refractivity contribution in [3.05, 3.63) is 76.9 Å². The Morgan fingerprint density at radius 2 is 1.17 bits per heavy atom. The van der Waals surface area contributed by atoms with Gasteiger partial charge in [0.05, 0.1) is 0 Å².